The lowest BCUT2D eigenvalue weighted by Crippen LogP contribution is -2.66. The summed E-state index contributed by atoms with van der Waals surface area (Å²) in [6, 6.07) is 28.8. The molecule has 1 N–H and O–H groups in total. The molecule has 3 aromatic carbocycles. The number of hydrogen-bond acceptors (Lipinski definition) is 5. The Kier molecular flexibility index (Phi) is 11.0. The van der Waals surface area contributed by atoms with Crippen molar-refractivity contribution >= 4 is 36.6 Å². The Labute approximate surface area is 299 Å². The molecule has 0 spiro atoms. The summed E-state index contributed by atoms with van der Waals surface area (Å²) in [5.74, 6) is -0.679. The summed E-state index contributed by atoms with van der Waals surface area (Å²) in [5, 5.41) is 12.7. The maximum absolute atomic E-state index is 13.9. The van der Waals surface area contributed by atoms with Crippen LogP contribution < -0.4 is 10.4 Å². The highest BCUT2D eigenvalue weighted by Gasteiger charge is 2.57. The molecule has 6 nitrogen and oxygen atoms in total. The molecule has 2 fully saturated rings. The molecule has 7 heteroatoms. The fourth-order valence-electron chi connectivity index (χ4n) is 8.81. The maximum Gasteiger partial charge on any atom is 0.261 e. The van der Waals surface area contributed by atoms with Crippen LogP contribution in [-0.2, 0) is 18.8 Å². The van der Waals surface area contributed by atoms with E-state index in [1.807, 2.05) is 25.1 Å². The number of amides is 2. The van der Waals surface area contributed by atoms with Crippen LogP contribution >= 0.6 is 0 Å². The second-order valence-electron chi connectivity index (χ2n) is 15.3. The van der Waals surface area contributed by atoms with Gasteiger partial charge in [0, 0.05) is 18.0 Å². The topological polar surface area (TPSA) is 76.1 Å². The minimum absolute atomic E-state index is 0.0355. The summed E-state index contributed by atoms with van der Waals surface area (Å²) in [6.07, 6.45) is 6.74. The van der Waals surface area contributed by atoms with E-state index in [2.05, 4.69) is 94.4 Å². The molecule has 0 unspecified atom stereocenters. The van der Waals surface area contributed by atoms with Crippen LogP contribution in [0.25, 0.3) is 6.08 Å². The van der Waals surface area contributed by atoms with Crippen molar-refractivity contribution in [2.45, 2.75) is 84.3 Å². The van der Waals surface area contributed by atoms with Gasteiger partial charge in [-0.25, -0.2) is 0 Å². The van der Waals surface area contributed by atoms with Crippen molar-refractivity contribution in [2.75, 3.05) is 19.8 Å². The fraction of sp³-hybridized carbons (Fsp3) is 0.442. The third kappa shape index (κ3) is 6.80. The maximum atomic E-state index is 13.9. The van der Waals surface area contributed by atoms with E-state index < -0.39 is 8.32 Å². The molecule has 3 aromatic rings. The molecular weight excluding hydrogens is 639 g/mol. The van der Waals surface area contributed by atoms with Gasteiger partial charge in [0.1, 0.15) is 5.75 Å². The predicted octanol–water partition coefficient (Wildman–Crippen LogP) is 7.66. The number of likely N-dealkylation sites (tertiary alicyclic amines) is 1. The van der Waals surface area contributed by atoms with E-state index in [9.17, 15) is 14.7 Å². The van der Waals surface area contributed by atoms with E-state index in [1.54, 1.807) is 6.07 Å². The Bertz CT molecular complexity index is 1690. The number of allylic oxidation sites excluding steroid dienone is 1. The van der Waals surface area contributed by atoms with E-state index in [0.717, 1.165) is 43.2 Å². The first-order chi connectivity index (χ1) is 24.1. The third-order valence-electron chi connectivity index (χ3n) is 11.0. The van der Waals surface area contributed by atoms with Gasteiger partial charge < -0.3 is 14.3 Å². The number of hydrogen-bond donors (Lipinski definition) is 1. The van der Waals surface area contributed by atoms with Gasteiger partial charge in [-0.05, 0) is 64.7 Å². The molecule has 0 saturated carbocycles. The number of rotatable bonds is 13. The van der Waals surface area contributed by atoms with Gasteiger partial charge >= 0.3 is 0 Å². The lowest BCUT2D eigenvalue weighted by atomic mass is 9.69. The number of aromatic hydroxyl groups is 1. The van der Waals surface area contributed by atoms with Crippen LogP contribution in [0.1, 0.15) is 78.7 Å². The number of carbonyl (C=O) groups excluding carboxylic acids is 2. The van der Waals surface area contributed by atoms with Crippen molar-refractivity contribution in [1.29, 1.82) is 0 Å². The molecule has 264 valence electrons. The van der Waals surface area contributed by atoms with Crippen molar-refractivity contribution in [3.63, 3.8) is 0 Å². The van der Waals surface area contributed by atoms with E-state index in [0.29, 0.717) is 26.2 Å². The molecule has 1 aliphatic carbocycles. The SMILES string of the molecule is CCC/C(=C\c1ccccc1O)CC[C@H]1OC[C@H]2C1=C(CO[Si](c1ccccc1)(c1ccccc1)C(C)(C)C)C[C@H]1C(=O)N(CCC)C(=O)[C@H]12. The zero-order valence-corrected chi connectivity index (χ0v) is 31.4. The molecule has 2 aliphatic heterocycles. The second kappa shape index (κ2) is 15.2. The number of nitrogens with zero attached hydrogens (tertiary/aromatic N) is 1. The summed E-state index contributed by atoms with van der Waals surface area (Å²) in [4.78, 5) is 29.2. The number of benzene rings is 3. The number of imide groups is 1. The van der Waals surface area contributed by atoms with Gasteiger partial charge in [-0.1, -0.05) is 132 Å². The lowest BCUT2D eigenvalue weighted by molar-refractivity contribution is -0.140. The van der Waals surface area contributed by atoms with Gasteiger partial charge in [-0.3, -0.25) is 14.5 Å². The van der Waals surface area contributed by atoms with Crippen molar-refractivity contribution in [1.82, 2.24) is 4.90 Å². The molecule has 6 rings (SSSR count). The van der Waals surface area contributed by atoms with Crippen LogP contribution in [-0.4, -0.2) is 56.0 Å². The van der Waals surface area contributed by atoms with Gasteiger partial charge in [0.05, 0.1) is 31.2 Å². The average molecular weight is 692 g/mol. The number of para-hydroxylation sites is 1. The predicted molar refractivity (Wildman–Crippen MR) is 203 cm³/mol. The first-order valence-corrected chi connectivity index (χ1v) is 20.4. The van der Waals surface area contributed by atoms with Gasteiger partial charge in [-0.15, -0.1) is 0 Å². The highest BCUT2D eigenvalue weighted by molar-refractivity contribution is 6.99. The second-order valence-corrected chi connectivity index (χ2v) is 19.6. The number of phenols is 1. The highest BCUT2D eigenvalue weighted by atomic mass is 28.4. The minimum atomic E-state index is -2.86. The summed E-state index contributed by atoms with van der Waals surface area (Å²) < 4.78 is 14.1. The van der Waals surface area contributed by atoms with Crippen molar-refractivity contribution in [3.05, 3.63) is 107 Å². The Morgan fingerprint density at radius 2 is 1.52 bits per heavy atom. The summed E-state index contributed by atoms with van der Waals surface area (Å²) in [5.41, 5.74) is 4.41. The molecule has 50 heavy (non-hydrogen) atoms. The first kappa shape index (κ1) is 36.0. The molecule has 2 saturated heterocycles. The zero-order valence-electron chi connectivity index (χ0n) is 30.4. The Balaban J connectivity index is 1.39. The van der Waals surface area contributed by atoms with Crippen LogP contribution in [0.4, 0.5) is 0 Å². The van der Waals surface area contributed by atoms with Crippen LogP contribution in [0.2, 0.25) is 5.04 Å². The number of carbonyl (C=O) groups is 2. The smallest absolute Gasteiger partial charge is 0.261 e. The van der Waals surface area contributed by atoms with Gasteiger partial charge in [0.15, 0.2) is 0 Å². The number of phenolic OH excluding ortho intramolecular Hbond substituents is 1. The minimum Gasteiger partial charge on any atom is -0.507 e. The van der Waals surface area contributed by atoms with E-state index in [-0.39, 0.29) is 46.5 Å². The fourth-order valence-corrected chi connectivity index (χ4v) is 13.4. The monoisotopic (exact) mass is 691 g/mol. The molecule has 4 atom stereocenters. The number of ether oxygens (including phenoxy) is 1. The Hall–Kier alpha value is -3.78. The van der Waals surface area contributed by atoms with Gasteiger partial charge in [0.25, 0.3) is 8.32 Å². The van der Waals surface area contributed by atoms with E-state index in [4.69, 9.17) is 9.16 Å². The van der Waals surface area contributed by atoms with E-state index >= 15 is 0 Å². The van der Waals surface area contributed by atoms with Crippen LogP contribution in [0.5, 0.6) is 5.75 Å². The highest BCUT2D eigenvalue weighted by Crippen LogP contribution is 2.50. The average Bonchev–Trinajstić information content (AvgIpc) is 3.63. The normalized spacial score (nSPS) is 22.7. The zero-order chi connectivity index (χ0) is 35.5. The van der Waals surface area contributed by atoms with Crippen molar-refractivity contribution in [2.24, 2.45) is 17.8 Å². The van der Waals surface area contributed by atoms with Crippen LogP contribution in [0.15, 0.2) is 102 Å². The van der Waals surface area contributed by atoms with E-state index in [1.165, 1.54) is 26.4 Å². The number of fused-ring (bicyclic) bond motifs is 3. The summed E-state index contributed by atoms with van der Waals surface area (Å²) in [7, 11) is -2.86. The molecule has 2 amide bonds. The quantitative estimate of drug-likeness (QED) is 0.113. The van der Waals surface area contributed by atoms with Crippen molar-refractivity contribution in [3.8, 4) is 5.75 Å². The Morgan fingerprint density at radius 1 is 0.880 bits per heavy atom. The van der Waals surface area contributed by atoms with Crippen molar-refractivity contribution < 1.29 is 23.9 Å². The van der Waals surface area contributed by atoms with Gasteiger partial charge in [-0.2, -0.15) is 0 Å². The molecule has 0 bridgehead atoms. The molecule has 0 aromatic heterocycles. The lowest BCUT2D eigenvalue weighted by Gasteiger charge is -2.44. The standard InChI is InChI=1S/C43H53NO5Si/c1-6-16-30(26-31-17-14-15-22-37(31)45)23-24-38-39-32(27-35-40(36(39)29-48-38)42(47)44(25-7-2)41(35)46)28-49-50(43(3,4)5,33-18-10-8-11-19-33)34-20-12-9-13-21-34/h8-15,17-22,26,35-36,38,40,45H,6-7,16,23-25,27-29H2,1-5H3/b30-26+/t35-,36+,38-,40-/m1/s1. The first-order valence-electron chi connectivity index (χ1n) is 18.5. The third-order valence-corrected chi connectivity index (χ3v) is 16.0. The summed E-state index contributed by atoms with van der Waals surface area (Å²) in [6.45, 7) is 12.3. The van der Waals surface area contributed by atoms with Gasteiger partial charge in [0.2, 0.25) is 11.8 Å². The molecular formula is C43H53NO5Si. The molecule has 3 aliphatic rings. The molecule has 0 radical (unpaired) electrons. The Morgan fingerprint density at radius 3 is 2.12 bits per heavy atom. The molecule has 2 heterocycles. The largest absolute Gasteiger partial charge is 0.507 e. The van der Waals surface area contributed by atoms with Crippen LogP contribution in [0.3, 0.4) is 0 Å². The van der Waals surface area contributed by atoms with Crippen LogP contribution in [0, 0.1) is 17.8 Å². The summed E-state index contributed by atoms with van der Waals surface area (Å²) >= 11 is 0.